The Balaban J connectivity index is 0. The quantitative estimate of drug-likeness (QED) is 0.395. The lowest BCUT2D eigenvalue weighted by molar-refractivity contribution is 0.812. The predicted octanol–water partition coefficient (Wildman–Crippen LogP) is 5.12. The fraction of sp³-hybridized carbons (Fsp3) is 0.692. The van der Waals surface area contributed by atoms with Crippen molar-refractivity contribution in [1.29, 1.82) is 0 Å². The summed E-state index contributed by atoms with van der Waals surface area (Å²) in [5.41, 5.74) is 0. The van der Waals surface area contributed by atoms with Crippen molar-refractivity contribution in [3.63, 3.8) is 0 Å². The third-order valence-corrected chi connectivity index (χ3v) is 1.62. The molecule has 0 aromatic rings. The molecule has 0 nitrogen and oxygen atoms in total. The van der Waals surface area contributed by atoms with Gasteiger partial charge in [0.1, 0.15) is 0 Å². The van der Waals surface area contributed by atoms with Gasteiger partial charge < -0.3 is 0 Å². The summed E-state index contributed by atoms with van der Waals surface area (Å²) < 4.78 is 0. The van der Waals surface area contributed by atoms with E-state index in [-0.39, 0.29) is 0 Å². The molecule has 0 spiro atoms. The van der Waals surface area contributed by atoms with Gasteiger partial charge in [0.05, 0.1) is 0 Å². The Kier molecular flexibility index (Phi) is 20.2. The highest BCUT2D eigenvalue weighted by molar-refractivity contribution is 4.79. The number of rotatable bonds is 6. The van der Waals surface area contributed by atoms with E-state index in [2.05, 4.69) is 39.5 Å². The van der Waals surface area contributed by atoms with Gasteiger partial charge in [0.25, 0.3) is 0 Å². The molecule has 0 aliphatic heterocycles. The van der Waals surface area contributed by atoms with Crippen LogP contribution >= 0.6 is 0 Å². The Hall–Kier alpha value is -0.520. The molecule has 0 aromatic heterocycles. The van der Waals surface area contributed by atoms with Crippen molar-refractivity contribution >= 4 is 0 Å². The van der Waals surface area contributed by atoms with Gasteiger partial charge >= 0.3 is 0 Å². The number of hydrogen-bond donors (Lipinski definition) is 0. The van der Waals surface area contributed by atoms with Gasteiger partial charge in [-0.15, -0.1) is 6.58 Å². The summed E-state index contributed by atoms with van der Waals surface area (Å²) in [5, 5.41) is 0. The van der Waals surface area contributed by atoms with Crippen LogP contribution in [0.2, 0.25) is 0 Å². The number of hydrogen-bond acceptors (Lipinski definition) is 0. The SMILES string of the molecule is C=CCCC.CCC=CCCCC. The van der Waals surface area contributed by atoms with E-state index in [9.17, 15) is 0 Å². The lowest BCUT2D eigenvalue weighted by Crippen LogP contribution is -1.65. The van der Waals surface area contributed by atoms with E-state index >= 15 is 0 Å². The van der Waals surface area contributed by atoms with Crippen molar-refractivity contribution < 1.29 is 0 Å². The van der Waals surface area contributed by atoms with E-state index in [1.807, 2.05) is 6.08 Å². The zero-order chi connectivity index (χ0) is 10.4. The highest BCUT2D eigenvalue weighted by atomic mass is 13.8. The predicted molar refractivity (Wildman–Crippen MR) is 64.1 cm³/mol. The fourth-order valence-electron chi connectivity index (χ4n) is 0.811. The molecule has 0 heteroatoms. The van der Waals surface area contributed by atoms with E-state index in [1.165, 1.54) is 32.1 Å². The minimum Gasteiger partial charge on any atom is -0.103 e. The molecule has 0 aliphatic carbocycles. The van der Waals surface area contributed by atoms with Crippen LogP contribution in [0.5, 0.6) is 0 Å². The molecule has 0 amide bonds. The average Bonchev–Trinajstić information content (AvgIpc) is 2.15. The molecule has 0 aromatic carbocycles. The first-order valence-electron chi connectivity index (χ1n) is 5.59. The third-order valence-electron chi connectivity index (χ3n) is 1.62. The van der Waals surface area contributed by atoms with Gasteiger partial charge in [0, 0.05) is 0 Å². The topological polar surface area (TPSA) is 0 Å². The lowest BCUT2D eigenvalue weighted by Gasteiger charge is -1.85. The van der Waals surface area contributed by atoms with Crippen LogP contribution in [0.3, 0.4) is 0 Å². The van der Waals surface area contributed by atoms with E-state index in [0.29, 0.717) is 0 Å². The first-order valence-corrected chi connectivity index (χ1v) is 5.59. The van der Waals surface area contributed by atoms with E-state index in [4.69, 9.17) is 0 Å². The molecule has 0 saturated carbocycles. The molecular formula is C13H26. The van der Waals surface area contributed by atoms with Gasteiger partial charge in [0.2, 0.25) is 0 Å². The Bertz CT molecular complexity index is 101. The van der Waals surface area contributed by atoms with Gasteiger partial charge in [-0.1, -0.05) is 58.3 Å². The highest BCUT2D eigenvalue weighted by Gasteiger charge is 1.74. The molecule has 13 heavy (non-hydrogen) atoms. The molecule has 0 fully saturated rings. The van der Waals surface area contributed by atoms with Gasteiger partial charge in [0.15, 0.2) is 0 Å². The first-order chi connectivity index (χ1) is 6.33. The molecule has 0 aliphatic rings. The van der Waals surface area contributed by atoms with Crippen molar-refractivity contribution in [3.8, 4) is 0 Å². The maximum absolute atomic E-state index is 3.55. The van der Waals surface area contributed by atoms with E-state index < -0.39 is 0 Å². The zero-order valence-electron chi connectivity index (χ0n) is 9.68. The van der Waals surface area contributed by atoms with E-state index in [0.717, 1.165) is 6.42 Å². The van der Waals surface area contributed by atoms with Gasteiger partial charge in [-0.05, 0) is 19.3 Å². The summed E-state index contributed by atoms with van der Waals surface area (Å²) in [6, 6.07) is 0. The average molecular weight is 182 g/mol. The van der Waals surface area contributed by atoms with E-state index in [1.54, 1.807) is 0 Å². The summed E-state index contributed by atoms with van der Waals surface area (Å²) in [6.07, 6.45) is 13.9. The van der Waals surface area contributed by atoms with Crippen LogP contribution in [-0.4, -0.2) is 0 Å². The molecule has 0 N–H and O–H groups in total. The smallest absolute Gasteiger partial charge is 0.0351 e. The van der Waals surface area contributed by atoms with Crippen LogP contribution in [0.15, 0.2) is 24.8 Å². The van der Waals surface area contributed by atoms with Crippen molar-refractivity contribution in [2.24, 2.45) is 0 Å². The summed E-state index contributed by atoms with van der Waals surface area (Å²) in [4.78, 5) is 0. The first kappa shape index (κ1) is 15.0. The van der Waals surface area contributed by atoms with Crippen molar-refractivity contribution in [2.75, 3.05) is 0 Å². The molecule has 0 saturated heterocycles. The molecule has 0 radical (unpaired) electrons. The summed E-state index contributed by atoms with van der Waals surface area (Å²) in [5.74, 6) is 0. The van der Waals surface area contributed by atoms with Gasteiger partial charge in [-0.25, -0.2) is 0 Å². The van der Waals surface area contributed by atoms with Gasteiger partial charge in [-0.3, -0.25) is 0 Å². The van der Waals surface area contributed by atoms with Crippen LogP contribution < -0.4 is 0 Å². The van der Waals surface area contributed by atoms with Crippen LogP contribution in [0.1, 0.15) is 59.3 Å². The molecular weight excluding hydrogens is 156 g/mol. The number of allylic oxidation sites excluding steroid dienone is 3. The Morgan fingerprint density at radius 2 is 1.62 bits per heavy atom. The standard InChI is InChI=1S/C8H16.C5H10/c1-3-5-7-8-6-4-2;1-3-5-4-2/h5,7H,3-4,6,8H2,1-2H3;3H,1,4-5H2,2H3. The molecule has 0 heterocycles. The normalized spacial score (nSPS) is 9.46. The summed E-state index contributed by atoms with van der Waals surface area (Å²) in [7, 11) is 0. The van der Waals surface area contributed by atoms with Crippen LogP contribution in [0.25, 0.3) is 0 Å². The third kappa shape index (κ3) is 24.6. The second-order valence-electron chi connectivity index (χ2n) is 3.10. The lowest BCUT2D eigenvalue weighted by atomic mass is 10.2. The van der Waals surface area contributed by atoms with Crippen molar-refractivity contribution in [2.45, 2.75) is 59.3 Å². The molecule has 0 bridgehead atoms. The molecule has 0 rings (SSSR count). The maximum Gasteiger partial charge on any atom is -0.0351 e. The molecule has 0 atom stereocenters. The number of unbranched alkanes of at least 4 members (excludes halogenated alkanes) is 3. The molecule has 78 valence electrons. The minimum atomic E-state index is 1.15. The zero-order valence-corrected chi connectivity index (χ0v) is 9.68. The summed E-state index contributed by atoms with van der Waals surface area (Å²) >= 11 is 0. The Labute approximate surface area is 84.7 Å². The largest absolute Gasteiger partial charge is 0.103 e. The Morgan fingerprint density at radius 3 is 1.92 bits per heavy atom. The maximum atomic E-state index is 3.55. The van der Waals surface area contributed by atoms with Crippen molar-refractivity contribution in [1.82, 2.24) is 0 Å². The van der Waals surface area contributed by atoms with Crippen molar-refractivity contribution in [3.05, 3.63) is 24.8 Å². The van der Waals surface area contributed by atoms with Crippen LogP contribution in [0.4, 0.5) is 0 Å². The van der Waals surface area contributed by atoms with Gasteiger partial charge in [-0.2, -0.15) is 0 Å². The summed E-state index contributed by atoms with van der Waals surface area (Å²) in [6.45, 7) is 10.1. The Morgan fingerprint density at radius 1 is 0.923 bits per heavy atom. The highest BCUT2D eigenvalue weighted by Crippen LogP contribution is 1.94. The van der Waals surface area contributed by atoms with Crippen LogP contribution in [-0.2, 0) is 0 Å². The second-order valence-corrected chi connectivity index (χ2v) is 3.10. The second kappa shape index (κ2) is 17.5. The van der Waals surface area contributed by atoms with Crippen LogP contribution in [0, 0.1) is 0 Å². The molecule has 0 unspecified atom stereocenters. The minimum absolute atomic E-state index is 1.15. The fourth-order valence-corrected chi connectivity index (χ4v) is 0.811. The monoisotopic (exact) mass is 182 g/mol.